The van der Waals surface area contributed by atoms with E-state index in [0.717, 1.165) is 17.6 Å². The molecule has 0 bridgehead atoms. The van der Waals surface area contributed by atoms with E-state index >= 15 is 0 Å². The van der Waals surface area contributed by atoms with Crippen molar-refractivity contribution in [1.82, 2.24) is 4.31 Å². The Hall–Kier alpha value is -1.39. The summed E-state index contributed by atoms with van der Waals surface area (Å²) >= 11 is 0. The monoisotopic (exact) mass is 261 g/mol. The van der Waals surface area contributed by atoms with E-state index in [4.69, 9.17) is 0 Å². The Morgan fingerprint density at radius 3 is 2.33 bits per heavy atom. The lowest BCUT2D eigenvalue weighted by atomic mass is 9.89. The number of allylic oxidation sites excluding steroid dienone is 1. The molecule has 1 aliphatic heterocycles. The number of fused-ring (bicyclic) bond motifs is 1. The molecule has 0 radical (unpaired) electrons. The number of nitrogens with zero attached hydrogens (tertiary/aromatic N) is 1. The zero-order valence-corrected chi connectivity index (χ0v) is 11.1. The molecule has 0 N–H and O–H groups in total. The summed E-state index contributed by atoms with van der Waals surface area (Å²) in [6.45, 7) is 2.95. The quantitative estimate of drug-likeness (QED) is 0.819. The van der Waals surface area contributed by atoms with Gasteiger partial charge in [0.1, 0.15) is 0 Å². The molecule has 3 rings (SSSR count). The minimum atomic E-state index is -3.35. The van der Waals surface area contributed by atoms with Crippen LogP contribution >= 0.6 is 0 Å². The van der Waals surface area contributed by atoms with E-state index in [9.17, 15) is 8.42 Å². The van der Waals surface area contributed by atoms with Crippen molar-refractivity contribution in [1.29, 1.82) is 0 Å². The lowest BCUT2D eigenvalue weighted by molar-refractivity contribution is 0.454. The number of benzene rings is 1. The summed E-state index contributed by atoms with van der Waals surface area (Å²) in [5, 5.41) is 0. The molecule has 4 heteroatoms. The lowest BCUT2D eigenvalue weighted by Gasteiger charge is -2.31. The maximum absolute atomic E-state index is 12.4. The normalized spacial score (nSPS) is 19.6. The molecule has 1 heterocycles. The van der Waals surface area contributed by atoms with Crippen LogP contribution in [-0.4, -0.2) is 25.8 Å². The van der Waals surface area contributed by atoms with E-state index in [-0.39, 0.29) is 0 Å². The standard InChI is InChI=1S/C14H15NO2S/c1-11-2-6-14(7-3-11)18(16,17)15-9-8-12-4-5-13(12)10-15/h2-3,5-8H,4,9-10H2,1H3. The Labute approximate surface area is 107 Å². The molecule has 0 fully saturated rings. The van der Waals surface area contributed by atoms with Gasteiger partial charge in [-0.2, -0.15) is 4.31 Å². The summed E-state index contributed by atoms with van der Waals surface area (Å²) in [7, 11) is -3.35. The minimum absolute atomic E-state index is 0.380. The van der Waals surface area contributed by atoms with Crippen LogP contribution < -0.4 is 0 Å². The van der Waals surface area contributed by atoms with Gasteiger partial charge >= 0.3 is 0 Å². The second-order valence-corrected chi connectivity index (χ2v) is 6.71. The summed E-state index contributed by atoms with van der Waals surface area (Å²) in [5.41, 5.74) is 3.54. The van der Waals surface area contributed by atoms with Gasteiger partial charge in [0.15, 0.2) is 0 Å². The highest BCUT2D eigenvalue weighted by Gasteiger charge is 2.30. The fraction of sp³-hybridized carbons (Fsp3) is 0.286. The van der Waals surface area contributed by atoms with Crippen molar-refractivity contribution in [3.8, 4) is 0 Å². The highest BCUT2D eigenvalue weighted by Crippen LogP contribution is 2.32. The van der Waals surface area contributed by atoms with Gasteiger partial charge in [-0.1, -0.05) is 29.8 Å². The lowest BCUT2D eigenvalue weighted by Crippen LogP contribution is -2.37. The average Bonchev–Trinajstić information content (AvgIpc) is 2.31. The van der Waals surface area contributed by atoms with Gasteiger partial charge in [0.05, 0.1) is 4.90 Å². The van der Waals surface area contributed by atoms with Crippen LogP contribution in [0.4, 0.5) is 0 Å². The first-order chi connectivity index (χ1) is 8.57. The summed E-state index contributed by atoms with van der Waals surface area (Å²) < 4.78 is 26.4. The van der Waals surface area contributed by atoms with Crippen LogP contribution in [0.2, 0.25) is 0 Å². The van der Waals surface area contributed by atoms with Crippen LogP contribution in [0.5, 0.6) is 0 Å². The van der Waals surface area contributed by atoms with Gasteiger partial charge in [-0.25, -0.2) is 8.42 Å². The summed E-state index contributed by atoms with van der Waals surface area (Å²) in [5.74, 6) is 0. The molecule has 0 saturated carbocycles. The molecular formula is C14H15NO2S. The van der Waals surface area contributed by atoms with Crippen LogP contribution in [0, 0.1) is 6.92 Å². The van der Waals surface area contributed by atoms with Crippen molar-refractivity contribution in [3.05, 3.63) is 53.1 Å². The number of rotatable bonds is 2. The van der Waals surface area contributed by atoms with Crippen molar-refractivity contribution < 1.29 is 8.42 Å². The smallest absolute Gasteiger partial charge is 0.207 e. The zero-order valence-electron chi connectivity index (χ0n) is 10.3. The molecule has 0 amide bonds. The molecule has 0 saturated heterocycles. The van der Waals surface area contributed by atoms with E-state index < -0.39 is 10.0 Å². The molecule has 0 unspecified atom stereocenters. The third-order valence-corrected chi connectivity index (χ3v) is 5.35. The van der Waals surface area contributed by atoms with E-state index in [0.29, 0.717) is 18.0 Å². The Morgan fingerprint density at radius 2 is 1.78 bits per heavy atom. The molecule has 1 aromatic rings. The summed E-state index contributed by atoms with van der Waals surface area (Å²) in [6.07, 6.45) is 5.11. The second kappa shape index (κ2) is 4.07. The second-order valence-electron chi connectivity index (χ2n) is 4.77. The molecular weight excluding hydrogens is 246 g/mol. The molecule has 0 atom stereocenters. The molecule has 3 nitrogen and oxygen atoms in total. The van der Waals surface area contributed by atoms with Gasteiger partial charge in [0.25, 0.3) is 0 Å². The fourth-order valence-corrected chi connectivity index (χ4v) is 3.61. The number of hydrogen-bond acceptors (Lipinski definition) is 2. The van der Waals surface area contributed by atoms with Crippen molar-refractivity contribution in [2.75, 3.05) is 13.1 Å². The van der Waals surface area contributed by atoms with E-state index in [1.54, 1.807) is 12.1 Å². The first kappa shape index (κ1) is 11.7. The predicted molar refractivity (Wildman–Crippen MR) is 70.7 cm³/mol. The molecule has 18 heavy (non-hydrogen) atoms. The zero-order chi connectivity index (χ0) is 12.8. The van der Waals surface area contributed by atoms with Crippen LogP contribution in [-0.2, 0) is 10.0 Å². The third-order valence-electron chi connectivity index (χ3n) is 3.53. The van der Waals surface area contributed by atoms with Crippen LogP contribution in [0.15, 0.2) is 52.5 Å². The van der Waals surface area contributed by atoms with Gasteiger partial charge in [-0.3, -0.25) is 0 Å². The first-order valence-electron chi connectivity index (χ1n) is 6.02. The molecule has 0 aromatic heterocycles. The predicted octanol–water partition coefficient (Wildman–Crippen LogP) is 2.26. The van der Waals surface area contributed by atoms with Gasteiger partial charge in [-0.15, -0.1) is 0 Å². The molecule has 2 aliphatic rings. The Balaban J connectivity index is 1.91. The van der Waals surface area contributed by atoms with Gasteiger partial charge in [0, 0.05) is 13.1 Å². The Bertz CT molecular complexity index is 639. The molecule has 1 aromatic carbocycles. The fourth-order valence-electron chi connectivity index (χ4n) is 2.25. The Morgan fingerprint density at radius 1 is 1.06 bits per heavy atom. The van der Waals surface area contributed by atoms with Gasteiger partial charge in [0.2, 0.25) is 10.0 Å². The van der Waals surface area contributed by atoms with Gasteiger partial charge in [-0.05, 0) is 36.6 Å². The maximum atomic E-state index is 12.4. The molecule has 94 valence electrons. The minimum Gasteiger partial charge on any atom is -0.207 e. The topological polar surface area (TPSA) is 37.4 Å². The molecule has 1 aliphatic carbocycles. The SMILES string of the molecule is Cc1ccc(S(=O)(=O)N2CC=C3CC=C3C2)cc1. The van der Waals surface area contributed by atoms with Crippen molar-refractivity contribution >= 4 is 10.0 Å². The van der Waals surface area contributed by atoms with Crippen LogP contribution in [0.1, 0.15) is 12.0 Å². The number of sulfonamides is 1. The van der Waals surface area contributed by atoms with Gasteiger partial charge < -0.3 is 0 Å². The van der Waals surface area contributed by atoms with Crippen molar-refractivity contribution in [3.63, 3.8) is 0 Å². The highest BCUT2D eigenvalue weighted by atomic mass is 32.2. The third kappa shape index (κ3) is 1.82. The number of aryl methyl sites for hydroxylation is 1. The first-order valence-corrected chi connectivity index (χ1v) is 7.46. The highest BCUT2D eigenvalue weighted by molar-refractivity contribution is 7.89. The van der Waals surface area contributed by atoms with Crippen molar-refractivity contribution in [2.24, 2.45) is 0 Å². The van der Waals surface area contributed by atoms with E-state index in [2.05, 4.69) is 6.08 Å². The number of hydrogen-bond donors (Lipinski definition) is 0. The van der Waals surface area contributed by atoms with E-state index in [1.165, 1.54) is 9.88 Å². The van der Waals surface area contributed by atoms with E-state index in [1.807, 2.05) is 25.1 Å². The average molecular weight is 261 g/mol. The largest absolute Gasteiger partial charge is 0.243 e. The summed E-state index contributed by atoms with van der Waals surface area (Å²) in [6, 6.07) is 7.03. The summed E-state index contributed by atoms with van der Waals surface area (Å²) in [4.78, 5) is 0.380. The van der Waals surface area contributed by atoms with Crippen molar-refractivity contribution in [2.45, 2.75) is 18.2 Å². The molecule has 0 spiro atoms. The Kier molecular flexibility index (Phi) is 2.64. The van der Waals surface area contributed by atoms with Crippen LogP contribution in [0.25, 0.3) is 0 Å². The van der Waals surface area contributed by atoms with Crippen LogP contribution in [0.3, 0.4) is 0 Å². The maximum Gasteiger partial charge on any atom is 0.243 e.